The first-order chi connectivity index (χ1) is 12.1. The molecule has 1 aliphatic carbocycles. The van der Waals surface area contributed by atoms with Crippen molar-refractivity contribution in [1.29, 1.82) is 0 Å². The summed E-state index contributed by atoms with van der Waals surface area (Å²) in [5, 5.41) is 2.81. The third kappa shape index (κ3) is 3.74. The molecule has 3 rings (SSSR count). The summed E-state index contributed by atoms with van der Waals surface area (Å²) in [7, 11) is 1.62. The first-order valence-electron chi connectivity index (χ1n) is 8.79. The Bertz CT molecular complexity index is 649. The van der Waals surface area contributed by atoms with Gasteiger partial charge in [0.15, 0.2) is 0 Å². The van der Waals surface area contributed by atoms with E-state index in [0.717, 1.165) is 41.7 Å². The summed E-state index contributed by atoms with van der Waals surface area (Å²) in [4.78, 5) is 38.2. The smallest absolute Gasteiger partial charge is 0.240 e. The van der Waals surface area contributed by atoms with Gasteiger partial charge in [-0.15, -0.1) is 0 Å². The van der Waals surface area contributed by atoms with Crippen LogP contribution in [-0.4, -0.2) is 36.3 Å². The number of hydrogen-bond donors (Lipinski definition) is 1. The molecule has 0 radical (unpaired) electrons. The fourth-order valence-electron chi connectivity index (χ4n) is 3.81. The van der Waals surface area contributed by atoms with Gasteiger partial charge in [0.25, 0.3) is 0 Å². The molecule has 1 aromatic carbocycles. The Kier molecular flexibility index (Phi) is 5.48. The molecule has 2 aliphatic rings. The Balaban J connectivity index is 1.58. The average molecular weight is 344 g/mol. The number of ether oxygens (including phenoxy) is 1. The number of nitrogens with one attached hydrogen (secondary N) is 1. The van der Waals surface area contributed by atoms with Gasteiger partial charge in [-0.2, -0.15) is 0 Å². The SMILES string of the molecule is COCc1ccccc1CNC(=O)CN1C(=O)[C@H]2CCCC[C@@H]2C1=O. The highest BCUT2D eigenvalue weighted by Crippen LogP contribution is 2.37. The van der Waals surface area contributed by atoms with Crippen LogP contribution < -0.4 is 5.32 Å². The van der Waals surface area contributed by atoms with Crippen LogP contribution in [0.25, 0.3) is 0 Å². The molecule has 0 spiro atoms. The number of imide groups is 1. The number of amides is 3. The molecular weight excluding hydrogens is 320 g/mol. The Morgan fingerprint density at radius 1 is 1.12 bits per heavy atom. The molecule has 6 nitrogen and oxygen atoms in total. The number of hydrogen-bond acceptors (Lipinski definition) is 4. The standard InChI is InChI=1S/C19H24N2O4/c1-25-12-14-7-3-2-6-13(14)10-20-17(22)11-21-18(23)15-8-4-5-9-16(15)19(21)24/h2-3,6-7,15-16H,4-5,8-12H2,1H3,(H,20,22)/t15-,16-/m0/s1. The lowest BCUT2D eigenvalue weighted by Gasteiger charge is -2.19. The minimum absolute atomic E-state index is 0.176. The number of likely N-dealkylation sites (tertiary alicyclic amines) is 1. The number of carbonyl (C=O) groups excluding carboxylic acids is 3. The molecule has 0 bridgehead atoms. The third-order valence-electron chi connectivity index (χ3n) is 5.13. The first-order valence-corrected chi connectivity index (χ1v) is 8.79. The van der Waals surface area contributed by atoms with E-state index in [4.69, 9.17) is 4.74 Å². The summed E-state index contributed by atoms with van der Waals surface area (Å²) in [5.74, 6) is -1.09. The maximum Gasteiger partial charge on any atom is 0.240 e. The van der Waals surface area contributed by atoms with Crippen LogP contribution in [0.1, 0.15) is 36.8 Å². The number of fused-ring (bicyclic) bond motifs is 1. The van der Waals surface area contributed by atoms with Crippen LogP contribution in [0, 0.1) is 11.8 Å². The molecule has 25 heavy (non-hydrogen) atoms. The highest BCUT2D eigenvalue weighted by atomic mass is 16.5. The molecule has 2 fully saturated rings. The van der Waals surface area contributed by atoms with E-state index in [1.54, 1.807) is 7.11 Å². The zero-order valence-corrected chi connectivity index (χ0v) is 14.5. The lowest BCUT2D eigenvalue weighted by molar-refractivity contribution is -0.143. The molecule has 3 amide bonds. The van der Waals surface area contributed by atoms with E-state index in [-0.39, 0.29) is 36.1 Å². The maximum atomic E-state index is 12.4. The summed E-state index contributed by atoms with van der Waals surface area (Å²) in [6, 6.07) is 7.69. The molecule has 0 aromatic heterocycles. The van der Waals surface area contributed by atoms with Gasteiger partial charge in [0.2, 0.25) is 17.7 Å². The topological polar surface area (TPSA) is 75.7 Å². The van der Waals surface area contributed by atoms with Crippen LogP contribution in [0.2, 0.25) is 0 Å². The summed E-state index contributed by atoms with van der Waals surface area (Å²) in [6.45, 7) is 0.636. The van der Waals surface area contributed by atoms with Gasteiger partial charge in [-0.05, 0) is 24.0 Å². The van der Waals surface area contributed by atoms with Crippen molar-refractivity contribution in [1.82, 2.24) is 10.2 Å². The van der Waals surface area contributed by atoms with Crippen LogP contribution in [-0.2, 0) is 32.3 Å². The maximum absolute atomic E-state index is 12.4. The van der Waals surface area contributed by atoms with Gasteiger partial charge in [0, 0.05) is 13.7 Å². The van der Waals surface area contributed by atoms with E-state index in [2.05, 4.69) is 5.32 Å². The van der Waals surface area contributed by atoms with E-state index >= 15 is 0 Å². The van der Waals surface area contributed by atoms with E-state index in [9.17, 15) is 14.4 Å². The van der Waals surface area contributed by atoms with Gasteiger partial charge in [0.05, 0.1) is 18.4 Å². The van der Waals surface area contributed by atoms with E-state index in [1.165, 1.54) is 0 Å². The Morgan fingerprint density at radius 3 is 2.32 bits per heavy atom. The van der Waals surface area contributed by atoms with Gasteiger partial charge >= 0.3 is 0 Å². The molecular formula is C19H24N2O4. The van der Waals surface area contributed by atoms with Crippen LogP contribution in [0.3, 0.4) is 0 Å². The van der Waals surface area contributed by atoms with Crippen molar-refractivity contribution in [2.75, 3.05) is 13.7 Å². The second-order valence-electron chi connectivity index (χ2n) is 6.74. The molecule has 134 valence electrons. The summed E-state index contributed by atoms with van der Waals surface area (Å²) in [5.41, 5.74) is 1.97. The Labute approximate surface area is 147 Å². The molecule has 1 heterocycles. The summed E-state index contributed by atoms with van der Waals surface area (Å²) < 4.78 is 5.16. The molecule has 6 heteroatoms. The highest BCUT2D eigenvalue weighted by Gasteiger charge is 2.48. The van der Waals surface area contributed by atoms with E-state index in [0.29, 0.717) is 13.2 Å². The first kappa shape index (κ1) is 17.6. The summed E-state index contributed by atoms with van der Waals surface area (Å²) >= 11 is 0. The number of benzene rings is 1. The minimum atomic E-state index is -0.312. The van der Waals surface area contributed by atoms with Crippen LogP contribution >= 0.6 is 0 Å². The van der Waals surface area contributed by atoms with Crippen molar-refractivity contribution in [3.63, 3.8) is 0 Å². The van der Waals surface area contributed by atoms with Crippen molar-refractivity contribution in [2.24, 2.45) is 11.8 Å². The molecule has 1 aromatic rings. The van der Waals surface area contributed by atoms with Crippen molar-refractivity contribution < 1.29 is 19.1 Å². The fourth-order valence-corrected chi connectivity index (χ4v) is 3.81. The van der Waals surface area contributed by atoms with Gasteiger partial charge < -0.3 is 10.1 Å². The second-order valence-corrected chi connectivity index (χ2v) is 6.74. The quantitative estimate of drug-likeness (QED) is 0.796. The van der Waals surface area contributed by atoms with Gasteiger partial charge in [0.1, 0.15) is 6.54 Å². The number of carbonyl (C=O) groups is 3. The fraction of sp³-hybridized carbons (Fsp3) is 0.526. The predicted octanol–water partition coefficient (Wildman–Crippen LogP) is 1.62. The normalized spacial score (nSPS) is 22.8. The molecule has 1 saturated heterocycles. The third-order valence-corrected chi connectivity index (χ3v) is 5.13. The minimum Gasteiger partial charge on any atom is -0.380 e. The Hall–Kier alpha value is -2.21. The van der Waals surface area contributed by atoms with Crippen molar-refractivity contribution in [3.8, 4) is 0 Å². The second kappa shape index (κ2) is 7.78. The highest BCUT2D eigenvalue weighted by molar-refractivity contribution is 6.07. The van der Waals surface area contributed by atoms with Crippen LogP contribution in [0.15, 0.2) is 24.3 Å². The summed E-state index contributed by atoms with van der Waals surface area (Å²) in [6.07, 6.45) is 3.49. The lowest BCUT2D eigenvalue weighted by atomic mass is 9.81. The number of rotatable bonds is 6. The van der Waals surface area contributed by atoms with Crippen molar-refractivity contribution >= 4 is 17.7 Å². The molecule has 1 N–H and O–H groups in total. The van der Waals surface area contributed by atoms with Crippen molar-refractivity contribution in [2.45, 2.75) is 38.8 Å². The average Bonchev–Trinajstić information content (AvgIpc) is 2.87. The zero-order chi connectivity index (χ0) is 17.8. The van der Waals surface area contributed by atoms with Crippen LogP contribution in [0.4, 0.5) is 0 Å². The monoisotopic (exact) mass is 344 g/mol. The molecule has 1 aliphatic heterocycles. The van der Waals surface area contributed by atoms with E-state index < -0.39 is 0 Å². The van der Waals surface area contributed by atoms with Crippen molar-refractivity contribution in [3.05, 3.63) is 35.4 Å². The van der Waals surface area contributed by atoms with E-state index in [1.807, 2.05) is 24.3 Å². The Morgan fingerprint density at radius 2 is 1.72 bits per heavy atom. The number of nitrogens with zero attached hydrogens (tertiary/aromatic N) is 1. The molecule has 2 atom stereocenters. The zero-order valence-electron chi connectivity index (χ0n) is 14.5. The van der Waals surface area contributed by atoms with Crippen LogP contribution in [0.5, 0.6) is 0 Å². The van der Waals surface area contributed by atoms with Gasteiger partial charge in [-0.1, -0.05) is 37.1 Å². The lowest BCUT2D eigenvalue weighted by Crippen LogP contribution is -2.40. The number of methoxy groups -OCH3 is 1. The van der Waals surface area contributed by atoms with Gasteiger partial charge in [-0.25, -0.2) is 0 Å². The molecule has 1 saturated carbocycles. The molecule has 0 unspecified atom stereocenters. The predicted molar refractivity (Wildman–Crippen MR) is 91.2 cm³/mol. The van der Waals surface area contributed by atoms with Gasteiger partial charge in [-0.3, -0.25) is 19.3 Å². The largest absolute Gasteiger partial charge is 0.380 e.